The van der Waals surface area contributed by atoms with Crippen LogP contribution in [-0.2, 0) is 6.42 Å². The number of thiol groups is 1. The van der Waals surface area contributed by atoms with Crippen molar-refractivity contribution in [2.75, 3.05) is 5.75 Å². The van der Waals surface area contributed by atoms with Gasteiger partial charge in [0.05, 0.1) is 11.0 Å². The van der Waals surface area contributed by atoms with Gasteiger partial charge in [-0.3, -0.25) is 4.57 Å². The number of aryl methyl sites for hydroxylation is 1. The second-order valence-electron chi connectivity index (χ2n) is 4.27. The molecule has 0 radical (unpaired) electrons. The van der Waals surface area contributed by atoms with Gasteiger partial charge in [0.15, 0.2) is 0 Å². The first kappa shape index (κ1) is 12.6. The van der Waals surface area contributed by atoms with E-state index in [0.29, 0.717) is 0 Å². The summed E-state index contributed by atoms with van der Waals surface area (Å²) in [7, 11) is 1.55. The van der Waals surface area contributed by atoms with E-state index in [0.717, 1.165) is 34.7 Å². The molecule has 4 heteroatoms. The van der Waals surface area contributed by atoms with E-state index < -0.39 is 0 Å². The van der Waals surface area contributed by atoms with E-state index in [9.17, 15) is 0 Å². The van der Waals surface area contributed by atoms with Gasteiger partial charge >= 0.3 is 0 Å². The lowest BCUT2D eigenvalue weighted by Gasteiger charge is -2.08. The van der Waals surface area contributed by atoms with Crippen molar-refractivity contribution in [2.45, 2.75) is 6.42 Å². The van der Waals surface area contributed by atoms with E-state index in [2.05, 4.69) is 58.7 Å². The Kier molecular flexibility index (Phi) is 3.80. The number of fused-ring (bicyclic) bond motifs is 1. The minimum Gasteiger partial charge on any atom is -0.296 e. The van der Waals surface area contributed by atoms with Gasteiger partial charge in [0.2, 0.25) is 0 Å². The Morgan fingerprint density at radius 2 is 1.74 bits per heavy atom. The number of hydrogen-bond acceptors (Lipinski definition) is 3. The van der Waals surface area contributed by atoms with Crippen LogP contribution in [0.4, 0.5) is 0 Å². The van der Waals surface area contributed by atoms with Crippen molar-refractivity contribution >= 4 is 33.5 Å². The van der Waals surface area contributed by atoms with Crippen molar-refractivity contribution in [1.29, 1.82) is 0 Å². The summed E-state index contributed by atoms with van der Waals surface area (Å²) in [5, 5.41) is 0. The van der Waals surface area contributed by atoms with Crippen molar-refractivity contribution in [3.05, 3.63) is 60.4 Å². The summed E-state index contributed by atoms with van der Waals surface area (Å²) >= 11 is 4.21. The second-order valence-corrected chi connectivity index (χ2v) is 5.71. The summed E-state index contributed by atoms with van der Waals surface area (Å²) < 4.78 is 2.24. The number of benzene rings is 2. The maximum Gasteiger partial charge on any atom is 0.115 e. The van der Waals surface area contributed by atoms with Crippen LogP contribution in [0.15, 0.2) is 54.6 Å². The molecule has 96 valence electrons. The quantitative estimate of drug-likeness (QED) is 0.573. The molecule has 0 aliphatic carbocycles. The van der Waals surface area contributed by atoms with E-state index in [4.69, 9.17) is 4.98 Å². The molecule has 0 N–H and O–H groups in total. The Hall–Kier alpha value is -1.39. The zero-order valence-corrected chi connectivity index (χ0v) is 12.1. The highest BCUT2D eigenvalue weighted by molar-refractivity contribution is 8.68. The Labute approximate surface area is 121 Å². The van der Waals surface area contributed by atoms with Gasteiger partial charge in [0.1, 0.15) is 5.82 Å². The third kappa shape index (κ3) is 2.51. The lowest BCUT2D eigenvalue weighted by atomic mass is 10.2. The zero-order valence-electron chi connectivity index (χ0n) is 10.4. The van der Waals surface area contributed by atoms with Gasteiger partial charge in [0.25, 0.3) is 0 Å². The molecule has 19 heavy (non-hydrogen) atoms. The first-order valence-electron chi connectivity index (χ1n) is 6.18. The van der Waals surface area contributed by atoms with E-state index >= 15 is 0 Å². The highest BCUT2D eigenvalue weighted by Gasteiger charge is 2.11. The third-order valence-electron chi connectivity index (χ3n) is 3.06. The van der Waals surface area contributed by atoms with Crippen LogP contribution < -0.4 is 0 Å². The summed E-state index contributed by atoms with van der Waals surface area (Å²) in [6.07, 6.45) is 0.914. The number of hydrogen-bond donors (Lipinski definition) is 1. The van der Waals surface area contributed by atoms with Crippen molar-refractivity contribution < 1.29 is 0 Å². The fourth-order valence-corrected chi connectivity index (χ4v) is 2.79. The molecule has 1 heterocycles. The zero-order chi connectivity index (χ0) is 13.1. The van der Waals surface area contributed by atoms with Gasteiger partial charge in [-0.25, -0.2) is 4.98 Å². The Morgan fingerprint density at radius 1 is 1.00 bits per heavy atom. The molecule has 0 saturated carbocycles. The van der Waals surface area contributed by atoms with Crippen LogP contribution in [0, 0.1) is 0 Å². The summed E-state index contributed by atoms with van der Waals surface area (Å²) in [5.74, 6) is 2.05. The molecule has 0 unspecified atom stereocenters. The topological polar surface area (TPSA) is 17.8 Å². The molecule has 0 aliphatic heterocycles. The molecule has 0 saturated heterocycles. The molecule has 2 aromatic carbocycles. The molecular formula is C15H14N2S2. The lowest BCUT2D eigenvalue weighted by Crippen LogP contribution is -2.02. The Morgan fingerprint density at radius 3 is 2.53 bits per heavy atom. The van der Waals surface area contributed by atoms with Crippen LogP contribution in [0.2, 0.25) is 0 Å². The van der Waals surface area contributed by atoms with E-state index in [-0.39, 0.29) is 0 Å². The molecular weight excluding hydrogens is 272 g/mol. The van der Waals surface area contributed by atoms with Crippen LogP contribution in [0.1, 0.15) is 5.82 Å². The fourth-order valence-electron chi connectivity index (χ4n) is 2.25. The molecule has 0 atom stereocenters. The van der Waals surface area contributed by atoms with Gasteiger partial charge in [-0.2, -0.15) is 0 Å². The summed E-state index contributed by atoms with van der Waals surface area (Å²) in [5.41, 5.74) is 3.37. The molecule has 0 amide bonds. The molecule has 3 aromatic rings. The van der Waals surface area contributed by atoms with Gasteiger partial charge in [-0.1, -0.05) is 41.1 Å². The van der Waals surface area contributed by atoms with Crippen LogP contribution >= 0.6 is 22.5 Å². The van der Waals surface area contributed by atoms with Gasteiger partial charge in [0, 0.05) is 17.9 Å². The van der Waals surface area contributed by atoms with Crippen LogP contribution in [0.5, 0.6) is 0 Å². The Bertz CT molecular complexity index is 677. The van der Waals surface area contributed by atoms with Crippen LogP contribution in [0.3, 0.4) is 0 Å². The van der Waals surface area contributed by atoms with Gasteiger partial charge in [-0.05, 0) is 24.3 Å². The molecule has 0 spiro atoms. The van der Waals surface area contributed by atoms with Crippen molar-refractivity contribution in [2.24, 2.45) is 0 Å². The van der Waals surface area contributed by atoms with Crippen molar-refractivity contribution in [3.63, 3.8) is 0 Å². The molecule has 1 aromatic heterocycles. The molecule has 0 fully saturated rings. The fraction of sp³-hybridized carbons (Fsp3) is 0.133. The normalized spacial score (nSPS) is 11.0. The molecule has 2 nitrogen and oxygen atoms in total. The number of para-hydroxylation sites is 3. The van der Waals surface area contributed by atoms with Gasteiger partial charge < -0.3 is 0 Å². The molecule has 0 bridgehead atoms. The maximum absolute atomic E-state index is 4.74. The summed E-state index contributed by atoms with van der Waals surface area (Å²) in [6, 6.07) is 18.6. The van der Waals surface area contributed by atoms with Crippen LogP contribution in [0.25, 0.3) is 16.7 Å². The largest absolute Gasteiger partial charge is 0.296 e. The van der Waals surface area contributed by atoms with E-state index in [1.807, 2.05) is 12.1 Å². The highest BCUT2D eigenvalue weighted by atomic mass is 33.1. The first-order chi connectivity index (χ1) is 9.40. The summed E-state index contributed by atoms with van der Waals surface area (Å²) in [6.45, 7) is 0. The van der Waals surface area contributed by atoms with E-state index in [1.165, 1.54) is 0 Å². The smallest absolute Gasteiger partial charge is 0.115 e. The maximum atomic E-state index is 4.74. The highest BCUT2D eigenvalue weighted by Crippen LogP contribution is 2.22. The monoisotopic (exact) mass is 286 g/mol. The molecule has 0 aliphatic rings. The average molecular weight is 286 g/mol. The van der Waals surface area contributed by atoms with Crippen molar-refractivity contribution in [1.82, 2.24) is 9.55 Å². The Balaban J connectivity index is 2.19. The molecule has 3 rings (SSSR count). The van der Waals surface area contributed by atoms with Gasteiger partial charge in [-0.15, -0.1) is 11.7 Å². The predicted molar refractivity (Wildman–Crippen MR) is 86.2 cm³/mol. The SMILES string of the molecule is SSCCc1nc2ccccc2n1-c1ccccc1. The number of imidazole rings is 1. The van der Waals surface area contributed by atoms with Crippen LogP contribution in [-0.4, -0.2) is 15.3 Å². The third-order valence-corrected chi connectivity index (χ3v) is 4.00. The lowest BCUT2D eigenvalue weighted by molar-refractivity contribution is 0.916. The average Bonchev–Trinajstić information content (AvgIpc) is 2.84. The minimum absolute atomic E-state index is 0.914. The number of nitrogens with zero attached hydrogens (tertiary/aromatic N) is 2. The predicted octanol–water partition coefficient (Wildman–Crippen LogP) is 4.15. The van der Waals surface area contributed by atoms with Crippen molar-refractivity contribution in [3.8, 4) is 5.69 Å². The minimum atomic E-state index is 0.914. The number of aromatic nitrogens is 2. The summed E-state index contributed by atoms with van der Waals surface area (Å²) in [4.78, 5) is 4.74. The number of rotatable bonds is 4. The van der Waals surface area contributed by atoms with E-state index in [1.54, 1.807) is 10.8 Å². The second kappa shape index (κ2) is 5.72. The standard InChI is InChI=1S/C15H14N2S2/c18-19-11-10-15-16-13-8-4-5-9-14(13)17(15)12-6-2-1-3-7-12/h1-9,18H,10-11H2. The first-order valence-corrected chi connectivity index (χ1v) is 8.22.